The Hall–Kier alpha value is -0.970. The smallest absolute Gasteiger partial charge is 0.213 e. The molecule has 0 amide bonds. The Bertz CT molecular complexity index is 171. The van der Waals surface area contributed by atoms with Crippen LogP contribution in [-0.4, -0.2) is 35.7 Å². The van der Waals surface area contributed by atoms with Crippen molar-refractivity contribution in [3.05, 3.63) is 0 Å². The van der Waals surface area contributed by atoms with Gasteiger partial charge in [-0.15, -0.1) is 5.10 Å². The lowest BCUT2D eigenvalue weighted by atomic mass is 9.99. The maximum absolute atomic E-state index is 8.92. The monoisotopic (exact) mass is 172 g/mol. The van der Waals surface area contributed by atoms with Crippen molar-refractivity contribution in [1.29, 1.82) is 0 Å². The number of guanidine groups is 1. The van der Waals surface area contributed by atoms with Gasteiger partial charge in [-0.1, -0.05) is 0 Å². The molecule has 0 bridgehead atoms. The molecule has 1 saturated heterocycles. The molecule has 0 saturated carbocycles. The van der Waals surface area contributed by atoms with Crippen LogP contribution < -0.4 is 11.6 Å². The van der Waals surface area contributed by atoms with Crippen LogP contribution in [0.2, 0.25) is 0 Å². The number of hydrogen-bond acceptors (Lipinski definition) is 3. The molecule has 70 valence electrons. The van der Waals surface area contributed by atoms with Crippen molar-refractivity contribution in [2.45, 2.75) is 12.8 Å². The number of likely N-dealkylation sites (tertiary alicyclic amines) is 1. The minimum Gasteiger partial charge on any atom is -0.396 e. The molecule has 5 nitrogen and oxygen atoms in total. The van der Waals surface area contributed by atoms with E-state index in [0.29, 0.717) is 11.9 Å². The highest BCUT2D eigenvalue weighted by atomic mass is 16.3. The summed E-state index contributed by atoms with van der Waals surface area (Å²) in [6, 6.07) is 0. The summed E-state index contributed by atoms with van der Waals surface area (Å²) in [5.41, 5.74) is 5.53. The first-order chi connectivity index (χ1) is 5.77. The fraction of sp³-hybridized carbons (Fsp3) is 0.857. The largest absolute Gasteiger partial charge is 0.396 e. The number of aliphatic hydroxyl groups is 1. The quantitative estimate of drug-likeness (QED) is 0.202. The summed E-state index contributed by atoms with van der Waals surface area (Å²) in [7, 11) is 0. The molecule has 1 atom stereocenters. The molecule has 0 aromatic rings. The summed E-state index contributed by atoms with van der Waals surface area (Å²) >= 11 is 0. The fourth-order valence-corrected chi connectivity index (χ4v) is 1.50. The van der Waals surface area contributed by atoms with E-state index in [1.807, 2.05) is 4.90 Å². The fourth-order valence-electron chi connectivity index (χ4n) is 1.50. The average Bonchev–Trinajstić information content (AvgIpc) is 2.17. The first-order valence-electron chi connectivity index (χ1n) is 4.17. The number of rotatable bonds is 1. The van der Waals surface area contributed by atoms with Gasteiger partial charge < -0.3 is 21.6 Å². The lowest BCUT2D eigenvalue weighted by molar-refractivity contribution is 0.160. The van der Waals surface area contributed by atoms with Crippen LogP contribution >= 0.6 is 0 Å². The maximum atomic E-state index is 8.92. The molecule has 1 unspecified atom stereocenters. The van der Waals surface area contributed by atoms with E-state index in [4.69, 9.17) is 16.7 Å². The van der Waals surface area contributed by atoms with Crippen LogP contribution in [0.15, 0.2) is 5.10 Å². The molecule has 0 aromatic carbocycles. The van der Waals surface area contributed by atoms with Crippen LogP contribution in [0.25, 0.3) is 0 Å². The zero-order valence-electron chi connectivity index (χ0n) is 7.11. The SMILES string of the molecule is NN=C(N)N1CCCC(CO)C1. The third kappa shape index (κ3) is 2.01. The number of piperidine rings is 1. The van der Waals surface area contributed by atoms with Gasteiger partial charge in [-0.3, -0.25) is 0 Å². The molecule has 0 radical (unpaired) electrons. The minimum absolute atomic E-state index is 0.217. The Labute approximate surface area is 72.0 Å². The van der Waals surface area contributed by atoms with E-state index in [-0.39, 0.29) is 6.61 Å². The first-order valence-corrected chi connectivity index (χ1v) is 4.17. The lowest BCUT2D eigenvalue weighted by Crippen LogP contribution is -2.45. The summed E-state index contributed by atoms with van der Waals surface area (Å²) in [5, 5.41) is 12.3. The van der Waals surface area contributed by atoms with Gasteiger partial charge in [0.15, 0.2) is 0 Å². The molecule has 0 aliphatic carbocycles. The second-order valence-electron chi connectivity index (χ2n) is 3.12. The summed E-state index contributed by atoms with van der Waals surface area (Å²) in [5.74, 6) is 5.74. The van der Waals surface area contributed by atoms with Crippen molar-refractivity contribution in [3.8, 4) is 0 Å². The number of hydrazone groups is 1. The van der Waals surface area contributed by atoms with Gasteiger partial charge in [0.25, 0.3) is 0 Å². The van der Waals surface area contributed by atoms with Crippen LogP contribution in [0.3, 0.4) is 0 Å². The normalized spacial score (nSPS) is 25.9. The van der Waals surface area contributed by atoms with E-state index >= 15 is 0 Å². The van der Waals surface area contributed by atoms with Crippen LogP contribution in [0, 0.1) is 5.92 Å². The van der Waals surface area contributed by atoms with E-state index in [0.717, 1.165) is 25.9 Å². The topological polar surface area (TPSA) is 87.9 Å². The van der Waals surface area contributed by atoms with Gasteiger partial charge in [-0.2, -0.15) is 0 Å². The van der Waals surface area contributed by atoms with Crippen LogP contribution in [0.1, 0.15) is 12.8 Å². The first kappa shape index (κ1) is 9.12. The van der Waals surface area contributed by atoms with Gasteiger partial charge >= 0.3 is 0 Å². The Balaban J connectivity index is 2.45. The summed E-state index contributed by atoms with van der Waals surface area (Å²) in [4.78, 5) is 1.91. The molecule has 1 aliphatic heterocycles. The van der Waals surface area contributed by atoms with E-state index < -0.39 is 0 Å². The van der Waals surface area contributed by atoms with Crippen LogP contribution in [0.5, 0.6) is 0 Å². The van der Waals surface area contributed by atoms with Gasteiger partial charge in [-0.25, -0.2) is 0 Å². The third-order valence-corrected chi connectivity index (χ3v) is 2.23. The van der Waals surface area contributed by atoms with E-state index in [1.54, 1.807) is 0 Å². The van der Waals surface area contributed by atoms with Gasteiger partial charge in [-0.05, 0) is 18.8 Å². The molecule has 1 fully saturated rings. The number of aliphatic hydroxyl groups excluding tert-OH is 1. The molecule has 0 aromatic heterocycles. The molecule has 1 heterocycles. The molecule has 12 heavy (non-hydrogen) atoms. The highest BCUT2D eigenvalue weighted by Gasteiger charge is 2.19. The molecule has 1 rings (SSSR count). The third-order valence-electron chi connectivity index (χ3n) is 2.23. The molecule has 5 heteroatoms. The molecule has 0 spiro atoms. The summed E-state index contributed by atoms with van der Waals surface area (Å²) in [6.07, 6.45) is 2.10. The van der Waals surface area contributed by atoms with Crippen LogP contribution in [-0.2, 0) is 0 Å². The minimum atomic E-state index is 0.217. The van der Waals surface area contributed by atoms with Gasteiger partial charge in [0, 0.05) is 19.7 Å². The predicted molar refractivity (Wildman–Crippen MR) is 47.2 cm³/mol. The second kappa shape index (κ2) is 4.15. The molecule has 1 aliphatic rings. The van der Waals surface area contributed by atoms with Gasteiger partial charge in [0.2, 0.25) is 5.96 Å². The van der Waals surface area contributed by atoms with E-state index in [2.05, 4.69) is 5.10 Å². The lowest BCUT2D eigenvalue weighted by Gasteiger charge is -2.32. The van der Waals surface area contributed by atoms with Gasteiger partial charge in [0.05, 0.1) is 0 Å². The standard InChI is InChI=1S/C7H16N4O/c8-7(10-9)11-3-1-2-6(4-11)5-12/h6,12H,1-5,9H2,(H2,8,10). The van der Waals surface area contributed by atoms with E-state index in [9.17, 15) is 0 Å². The zero-order valence-corrected chi connectivity index (χ0v) is 7.11. The maximum Gasteiger partial charge on any atom is 0.213 e. The van der Waals surface area contributed by atoms with Crippen molar-refractivity contribution in [2.24, 2.45) is 22.6 Å². The average molecular weight is 172 g/mol. The van der Waals surface area contributed by atoms with Crippen molar-refractivity contribution in [2.75, 3.05) is 19.7 Å². The summed E-state index contributed by atoms with van der Waals surface area (Å²) < 4.78 is 0. The van der Waals surface area contributed by atoms with Crippen LogP contribution in [0.4, 0.5) is 0 Å². The Morgan fingerprint density at radius 3 is 3.00 bits per heavy atom. The highest BCUT2D eigenvalue weighted by molar-refractivity contribution is 5.77. The number of hydrogen-bond donors (Lipinski definition) is 3. The van der Waals surface area contributed by atoms with Crippen molar-refractivity contribution >= 4 is 5.96 Å². The molecule has 5 N–H and O–H groups in total. The zero-order chi connectivity index (χ0) is 8.97. The Morgan fingerprint density at radius 1 is 1.67 bits per heavy atom. The highest BCUT2D eigenvalue weighted by Crippen LogP contribution is 2.14. The Kier molecular flexibility index (Phi) is 3.16. The molecular weight excluding hydrogens is 156 g/mol. The van der Waals surface area contributed by atoms with Gasteiger partial charge in [0.1, 0.15) is 0 Å². The number of nitrogens with two attached hydrogens (primary N) is 2. The van der Waals surface area contributed by atoms with Crippen molar-refractivity contribution in [1.82, 2.24) is 4.90 Å². The summed E-state index contributed by atoms with van der Waals surface area (Å²) in [6.45, 7) is 1.88. The van der Waals surface area contributed by atoms with Crippen molar-refractivity contribution < 1.29 is 5.11 Å². The second-order valence-corrected chi connectivity index (χ2v) is 3.12. The van der Waals surface area contributed by atoms with E-state index in [1.165, 1.54) is 0 Å². The van der Waals surface area contributed by atoms with Crippen molar-refractivity contribution in [3.63, 3.8) is 0 Å². The molecular formula is C7H16N4O. The number of nitrogens with zero attached hydrogens (tertiary/aromatic N) is 2. The Morgan fingerprint density at radius 2 is 2.42 bits per heavy atom. The predicted octanol–water partition coefficient (Wildman–Crippen LogP) is -1.12.